The Kier molecular flexibility index (Phi) is 4.55. The zero-order valence-electron chi connectivity index (χ0n) is 14.2. The van der Waals surface area contributed by atoms with Crippen LogP contribution in [-0.4, -0.2) is 39.7 Å². The molecule has 6 nitrogen and oxygen atoms in total. The number of thiophene rings is 1. The lowest BCUT2D eigenvalue weighted by molar-refractivity contribution is -0.116. The third-order valence-electron chi connectivity index (χ3n) is 3.99. The van der Waals surface area contributed by atoms with Crippen LogP contribution >= 0.6 is 22.7 Å². The second kappa shape index (κ2) is 6.91. The highest BCUT2D eigenvalue weighted by molar-refractivity contribution is 7.21. The summed E-state index contributed by atoms with van der Waals surface area (Å²) in [6, 6.07) is 3.31. The fourth-order valence-corrected chi connectivity index (χ4v) is 4.44. The van der Waals surface area contributed by atoms with Gasteiger partial charge in [0.05, 0.1) is 22.6 Å². The number of fused-ring (bicyclic) bond motifs is 3. The van der Waals surface area contributed by atoms with Gasteiger partial charge in [0.15, 0.2) is 22.4 Å². The van der Waals surface area contributed by atoms with Crippen LogP contribution in [0, 0.1) is 17.5 Å². The van der Waals surface area contributed by atoms with Crippen LogP contribution in [0.25, 0.3) is 15.3 Å². The van der Waals surface area contributed by atoms with Gasteiger partial charge in [0.2, 0.25) is 5.91 Å². The fourth-order valence-electron chi connectivity index (χ4n) is 2.64. The molecule has 144 valence electrons. The minimum absolute atomic E-state index is 0.395. The van der Waals surface area contributed by atoms with Gasteiger partial charge in [0.1, 0.15) is 4.83 Å². The Morgan fingerprint density at radius 2 is 2.04 bits per heavy atom. The number of thiazole rings is 1. The summed E-state index contributed by atoms with van der Waals surface area (Å²) in [5.74, 6) is -5.69. The van der Waals surface area contributed by atoms with E-state index in [4.69, 9.17) is 0 Å². The van der Waals surface area contributed by atoms with E-state index in [0.29, 0.717) is 15.8 Å². The monoisotopic (exact) mass is 424 g/mol. The molecule has 0 saturated carbocycles. The quantitative estimate of drug-likeness (QED) is 0.508. The first-order valence-electron chi connectivity index (χ1n) is 7.89. The maximum absolute atomic E-state index is 13.7. The number of hydrogen-bond donors (Lipinski definition) is 1. The maximum atomic E-state index is 13.7. The summed E-state index contributed by atoms with van der Waals surface area (Å²) >= 11 is 2.68. The molecule has 0 bridgehead atoms. The highest BCUT2D eigenvalue weighted by Gasteiger charge is 2.21. The first-order chi connectivity index (χ1) is 13.3. The Bertz CT molecular complexity index is 1230. The van der Waals surface area contributed by atoms with Crippen LogP contribution in [0.5, 0.6) is 0 Å². The summed E-state index contributed by atoms with van der Waals surface area (Å²) in [5.41, 5.74) is 0.298. The number of nitrogens with zero attached hydrogens (tertiary/aromatic N) is 3. The smallest absolute Gasteiger partial charge is 0.264 e. The molecule has 3 aromatic heterocycles. The zero-order chi connectivity index (χ0) is 20.0. The van der Waals surface area contributed by atoms with Gasteiger partial charge in [0.25, 0.3) is 5.91 Å². The summed E-state index contributed by atoms with van der Waals surface area (Å²) in [4.78, 5) is 32.1. The van der Waals surface area contributed by atoms with Crippen LogP contribution in [-0.2, 0) is 4.79 Å². The molecule has 0 aliphatic heterocycles. The van der Waals surface area contributed by atoms with Gasteiger partial charge in [-0.2, -0.15) is 0 Å². The van der Waals surface area contributed by atoms with E-state index in [9.17, 15) is 22.8 Å². The minimum atomic E-state index is -1.68. The molecule has 1 aromatic carbocycles. The van der Waals surface area contributed by atoms with Crippen molar-refractivity contribution in [2.24, 2.45) is 0 Å². The molecule has 1 N–H and O–H groups in total. The van der Waals surface area contributed by atoms with Crippen molar-refractivity contribution in [1.82, 2.24) is 14.3 Å². The number of aromatic nitrogens is 2. The average Bonchev–Trinajstić information content (AvgIpc) is 3.33. The van der Waals surface area contributed by atoms with Crippen LogP contribution in [0.4, 0.5) is 18.9 Å². The largest absolute Gasteiger partial charge is 0.332 e. The van der Waals surface area contributed by atoms with E-state index in [2.05, 4.69) is 10.3 Å². The number of amides is 2. The highest BCUT2D eigenvalue weighted by atomic mass is 32.1. The topological polar surface area (TPSA) is 66.7 Å². The predicted molar refractivity (Wildman–Crippen MR) is 100 cm³/mol. The lowest BCUT2D eigenvalue weighted by Gasteiger charge is -2.16. The molecule has 0 unspecified atom stereocenters. The molecular weight excluding hydrogens is 413 g/mol. The summed E-state index contributed by atoms with van der Waals surface area (Å²) in [6.07, 6.45) is 1.85. The van der Waals surface area contributed by atoms with Gasteiger partial charge in [-0.05, 0) is 18.2 Å². The van der Waals surface area contributed by atoms with Crippen LogP contribution in [0.2, 0.25) is 0 Å². The number of benzene rings is 1. The van der Waals surface area contributed by atoms with E-state index >= 15 is 0 Å². The van der Waals surface area contributed by atoms with Crippen LogP contribution in [0.1, 0.15) is 9.67 Å². The molecule has 28 heavy (non-hydrogen) atoms. The number of halogens is 3. The molecule has 11 heteroatoms. The van der Waals surface area contributed by atoms with E-state index in [0.717, 1.165) is 21.4 Å². The Labute approximate surface area is 163 Å². The van der Waals surface area contributed by atoms with Crippen LogP contribution < -0.4 is 5.32 Å². The third kappa shape index (κ3) is 3.12. The van der Waals surface area contributed by atoms with Gasteiger partial charge in [-0.25, -0.2) is 18.2 Å². The summed E-state index contributed by atoms with van der Waals surface area (Å²) in [5, 5.41) is 4.02. The van der Waals surface area contributed by atoms with Crippen molar-refractivity contribution in [2.45, 2.75) is 0 Å². The third-order valence-corrected chi connectivity index (χ3v) is 5.75. The van der Waals surface area contributed by atoms with E-state index in [1.807, 2.05) is 16.0 Å². The zero-order valence-corrected chi connectivity index (χ0v) is 15.8. The van der Waals surface area contributed by atoms with Gasteiger partial charge in [-0.1, -0.05) is 0 Å². The molecule has 0 spiro atoms. The van der Waals surface area contributed by atoms with Gasteiger partial charge < -0.3 is 10.2 Å². The van der Waals surface area contributed by atoms with Crippen molar-refractivity contribution < 1.29 is 22.8 Å². The van der Waals surface area contributed by atoms with Crippen molar-refractivity contribution in [1.29, 1.82) is 0 Å². The second-order valence-electron chi connectivity index (χ2n) is 5.90. The van der Waals surface area contributed by atoms with E-state index in [1.54, 1.807) is 6.07 Å². The van der Waals surface area contributed by atoms with Gasteiger partial charge in [-0.15, -0.1) is 22.7 Å². The molecule has 0 atom stereocenters. The first-order valence-corrected chi connectivity index (χ1v) is 9.58. The number of anilines is 1. The first kappa shape index (κ1) is 18.4. The molecule has 4 aromatic rings. The Balaban J connectivity index is 1.47. The van der Waals surface area contributed by atoms with Gasteiger partial charge >= 0.3 is 0 Å². The van der Waals surface area contributed by atoms with Crippen LogP contribution in [0.15, 0.2) is 29.8 Å². The molecule has 0 radical (unpaired) electrons. The molecule has 3 heterocycles. The fraction of sp³-hybridized carbons (Fsp3) is 0.118. The predicted octanol–water partition coefficient (Wildman–Crippen LogP) is 3.74. The number of carbonyl (C=O) groups is 2. The SMILES string of the molecule is CN(CC(=O)Nc1ccc(F)c(F)c1F)C(=O)c1cc2c(nc3sccn32)s1. The number of hydrogen-bond acceptors (Lipinski definition) is 5. The van der Waals surface area contributed by atoms with Gasteiger partial charge in [0, 0.05) is 18.6 Å². The van der Waals surface area contributed by atoms with E-state index in [1.165, 1.54) is 29.7 Å². The van der Waals surface area contributed by atoms with Gasteiger partial charge in [-0.3, -0.25) is 14.0 Å². The Morgan fingerprint density at radius 3 is 2.82 bits per heavy atom. The summed E-state index contributed by atoms with van der Waals surface area (Å²) < 4.78 is 41.7. The minimum Gasteiger partial charge on any atom is -0.332 e. The van der Waals surface area contributed by atoms with Crippen LogP contribution in [0.3, 0.4) is 0 Å². The number of nitrogens with one attached hydrogen (secondary N) is 1. The maximum Gasteiger partial charge on any atom is 0.264 e. The highest BCUT2D eigenvalue weighted by Crippen LogP contribution is 2.29. The molecule has 2 amide bonds. The average molecular weight is 424 g/mol. The molecule has 4 rings (SSSR count). The lowest BCUT2D eigenvalue weighted by Crippen LogP contribution is -2.34. The number of rotatable bonds is 4. The number of imidazole rings is 1. The van der Waals surface area contributed by atoms with E-state index in [-0.39, 0.29) is 0 Å². The second-order valence-corrected chi connectivity index (χ2v) is 7.80. The Hall–Kier alpha value is -2.92. The van der Waals surface area contributed by atoms with E-state index < -0.39 is 41.5 Å². The molecular formula is C17H11F3N4O2S2. The Morgan fingerprint density at radius 1 is 1.25 bits per heavy atom. The van der Waals surface area contributed by atoms with Crippen molar-refractivity contribution in [2.75, 3.05) is 18.9 Å². The number of likely N-dealkylation sites (N-methyl/N-ethyl adjacent to an activating group) is 1. The summed E-state index contributed by atoms with van der Waals surface area (Å²) in [6.45, 7) is -0.395. The van der Waals surface area contributed by atoms with Crippen molar-refractivity contribution in [3.63, 3.8) is 0 Å². The molecule has 0 aliphatic carbocycles. The normalized spacial score (nSPS) is 11.3. The van der Waals surface area contributed by atoms with Crippen molar-refractivity contribution >= 4 is 55.5 Å². The molecule has 0 aliphatic rings. The number of carbonyl (C=O) groups excluding carboxylic acids is 2. The van der Waals surface area contributed by atoms with Crippen molar-refractivity contribution in [3.8, 4) is 0 Å². The lowest BCUT2D eigenvalue weighted by atomic mass is 10.2. The van der Waals surface area contributed by atoms with Crippen molar-refractivity contribution in [3.05, 3.63) is 52.1 Å². The molecule has 0 saturated heterocycles. The standard InChI is InChI=1S/C17H11F3N4O2S2/c1-23(7-12(25)21-9-3-2-8(18)13(19)14(9)20)16(26)11-6-10-15(28-11)22-17-24(10)4-5-27-17/h2-6H,7H2,1H3,(H,21,25). The summed E-state index contributed by atoms with van der Waals surface area (Å²) in [7, 11) is 1.41. The molecule has 0 fully saturated rings.